The van der Waals surface area contributed by atoms with Crippen LogP contribution in [0.3, 0.4) is 0 Å². The van der Waals surface area contributed by atoms with Gasteiger partial charge in [-0.2, -0.15) is 4.39 Å². The molecule has 1 N–H and O–H groups in total. The second-order valence-electron chi connectivity index (χ2n) is 3.60. The SMILES string of the molecule is Cc1cccc(Nc2cc(F)ncn2)c1C. The van der Waals surface area contributed by atoms with Gasteiger partial charge in [-0.25, -0.2) is 9.97 Å². The standard InChI is InChI=1S/C12H12FN3/c1-8-4-3-5-10(9(8)2)16-12-6-11(13)14-7-15-12/h3-7H,1-2H3,(H,14,15,16). The number of nitrogens with zero attached hydrogens (tertiary/aromatic N) is 2. The van der Waals surface area contributed by atoms with E-state index in [-0.39, 0.29) is 0 Å². The zero-order chi connectivity index (χ0) is 11.5. The Morgan fingerprint density at radius 1 is 1.19 bits per heavy atom. The Morgan fingerprint density at radius 2 is 2.00 bits per heavy atom. The lowest BCUT2D eigenvalue weighted by atomic mass is 10.1. The van der Waals surface area contributed by atoms with E-state index < -0.39 is 5.95 Å². The molecule has 0 radical (unpaired) electrons. The predicted octanol–water partition coefficient (Wildman–Crippen LogP) is 2.98. The van der Waals surface area contributed by atoms with Gasteiger partial charge in [-0.1, -0.05) is 12.1 Å². The smallest absolute Gasteiger partial charge is 0.218 e. The summed E-state index contributed by atoms with van der Waals surface area (Å²) in [6.45, 7) is 4.04. The van der Waals surface area contributed by atoms with Crippen LogP contribution in [-0.2, 0) is 0 Å². The van der Waals surface area contributed by atoms with Gasteiger partial charge in [0.05, 0.1) is 0 Å². The molecule has 0 bridgehead atoms. The molecule has 16 heavy (non-hydrogen) atoms. The summed E-state index contributed by atoms with van der Waals surface area (Å²) < 4.78 is 12.9. The first-order valence-corrected chi connectivity index (χ1v) is 4.97. The van der Waals surface area contributed by atoms with Crippen molar-refractivity contribution in [3.63, 3.8) is 0 Å². The highest BCUT2D eigenvalue weighted by Gasteiger charge is 2.02. The molecule has 0 amide bonds. The minimum absolute atomic E-state index is 0.459. The number of anilines is 2. The zero-order valence-electron chi connectivity index (χ0n) is 9.16. The molecule has 4 heteroatoms. The molecule has 2 rings (SSSR count). The van der Waals surface area contributed by atoms with Crippen LogP contribution in [0.1, 0.15) is 11.1 Å². The number of hydrogen-bond acceptors (Lipinski definition) is 3. The fourth-order valence-corrected chi connectivity index (χ4v) is 1.43. The van der Waals surface area contributed by atoms with Crippen LogP contribution < -0.4 is 5.32 Å². The van der Waals surface area contributed by atoms with E-state index in [1.165, 1.54) is 18.0 Å². The lowest BCUT2D eigenvalue weighted by Gasteiger charge is -2.10. The summed E-state index contributed by atoms with van der Waals surface area (Å²) >= 11 is 0. The van der Waals surface area contributed by atoms with Crippen molar-refractivity contribution in [2.45, 2.75) is 13.8 Å². The van der Waals surface area contributed by atoms with Crippen molar-refractivity contribution >= 4 is 11.5 Å². The fraction of sp³-hybridized carbons (Fsp3) is 0.167. The topological polar surface area (TPSA) is 37.8 Å². The van der Waals surface area contributed by atoms with Crippen molar-refractivity contribution in [2.24, 2.45) is 0 Å². The first-order valence-electron chi connectivity index (χ1n) is 4.97. The second-order valence-corrected chi connectivity index (χ2v) is 3.60. The molecule has 1 aromatic carbocycles. The molecule has 2 aromatic rings. The Bertz CT molecular complexity index is 511. The largest absolute Gasteiger partial charge is 0.340 e. The van der Waals surface area contributed by atoms with Gasteiger partial charge < -0.3 is 5.32 Å². The molecular formula is C12H12FN3. The molecule has 0 fully saturated rings. The minimum atomic E-state index is -0.539. The monoisotopic (exact) mass is 217 g/mol. The summed E-state index contributed by atoms with van der Waals surface area (Å²) in [7, 11) is 0. The first-order chi connectivity index (χ1) is 7.66. The highest BCUT2D eigenvalue weighted by molar-refractivity contribution is 5.61. The zero-order valence-corrected chi connectivity index (χ0v) is 9.16. The van der Waals surface area contributed by atoms with E-state index in [1.807, 2.05) is 32.0 Å². The van der Waals surface area contributed by atoms with E-state index >= 15 is 0 Å². The van der Waals surface area contributed by atoms with Crippen molar-refractivity contribution in [1.82, 2.24) is 9.97 Å². The van der Waals surface area contributed by atoms with Gasteiger partial charge in [-0.05, 0) is 31.0 Å². The van der Waals surface area contributed by atoms with Gasteiger partial charge in [0.15, 0.2) is 0 Å². The Morgan fingerprint density at radius 3 is 2.75 bits per heavy atom. The maximum absolute atomic E-state index is 12.9. The molecule has 0 unspecified atom stereocenters. The molecule has 0 atom stereocenters. The quantitative estimate of drug-likeness (QED) is 0.786. The highest BCUT2D eigenvalue weighted by Crippen LogP contribution is 2.21. The summed E-state index contributed by atoms with van der Waals surface area (Å²) in [5.41, 5.74) is 3.24. The minimum Gasteiger partial charge on any atom is -0.340 e. The summed E-state index contributed by atoms with van der Waals surface area (Å²) in [4.78, 5) is 7.35. The molecule has 1 aromatic heterocycles. The average Bonchev–Trinajstić information content (AvgIpc) is 2.25. The number of nitrogens with one attached hydrogen (secondary N) is 1. The first kappa shape index (κ1) is 10.5. The fourth-order valence-electron chi connectivity index (χ4n) is 1.43. The van der Waals surface area contributed by atoms with Gasteiger partial charge in [-0.15, -0.1) is 0 Å². The van der Waals surface area contributed by atoms with E-state index in [2.05, 4.69) is 15.3 Å². The van der Waals surface area contributed by atoms with Gasteiger partial charge in [0.25, 0.3) is 0 Å². The molecule has 1 heterocycles. The maximum Gasteiger partial charge on any atom is 0.218 e. The van der Waals surface area contributed by atoms with Gasteiger partial charge in [0, 0.05) is 11.8 Å². The normalized spacial score (nSPS) is 10.2. The Hall–Kier alpha value is -1.97. The number of aromatic nitrogens is 2. The van der Waals surface area contributed by atoms with Gasteiger partial charge in [0.1, 0.15) is 12.1 Å². The predicted molar refractivity (Wildman–Crippen MR) is 61.2 cm³/mol. The van der Waals surface area contributed by atoms with Crippen LogP contribution in [0.25, 0.3) is 0 Å². The van der Waals surface area contributed by atoms with Gasteiger partial charge >= 0.3 is 0 Å². The summed E-state index contributed by atoms with van der Waals surface area (Å²) in [5, 5.41) is 3.06. The van der Waals surface area contributed by atoms with E-state index in [0.717, 1.165) is 11.3 Å². The third-order valence-corrected chi connectivity index (χ3v) is 2.50. The maximum atomic E-state index is 12.9. The molecule has 0 saturated carbocycles. The van der Waals surface area contributed by atoms with E-state index in [0.29, 0.717) is 5.82 Å². The Balaban J connectivity index is 2.31. The molecule has 0 aliphatic rings. The molecule has 3 nitrogen and oxygen atoms in total. The van der Waals surface area contributed by atoms with Crippen molar-refractivity contribution in [3.05, 3.63) is 47.7 Å². The lowest BCUT2D eigenvalue weighted by Crippen LogP contribution is -1.98. The molecular weight excluding hydrogens is 205 g/mol. The molecule has 0 aliphatic carbocycles. The van der Waals surface area contributed by atoms with Crippen molar-refractivity contribution < 1.29 is 4.39 Å². The third kappa shape index (κ3) is 2.16. The van der Waals surface area contributed by atoms with Crippen molar-refractivity contribution in [3.8, 4) is 0 Å². The molecule has 0 saturated heterocycles. The van der Waals surface area contributed by atoms with Crippen LogP contribution in [0.4, 0.5) is 15.9 Å². The third-order valence-electron chi connectivity index (χ3n) is 2.50. The van der Waals surface area contributed by atoms with Crippen LogP contribution >= 0.6 is 0 Å². The van der Waals surface area contributed by atoms with Crippen LogP contribution in [0, 0.1) is 19.8 Å². The summed E-state index contributed by atoms with van der Waals surface area (Å²) in [5.74, 6) is -0.0796. The van der Waals surface area contributed by atoms with Crippen molar-refractivity contribution in [2.75, 3.05) is 5.32 Å². The Labute approximate surface area is 93.4 Å². The van der Waals surface area contributed by atoms with Crippen LogP contribution in [0.15, 0.2) is 30.6 Å². The average molecular weight is 217 g/mol. The second kappa shape index (κ2) is 4.26. The number of benzene rings is 1. The van der Waals surface area contributed by atoms with E-state index in [1.54, 1.807) is 0 Å². The molecule has 0 spiro atoms. The van der Waals surface area contributed by atoms with E-state index in [9.17, 15) is 4.39 Å². The summed E-state index contributed by atoms with van der Waals surface area (Å²) in [6, 6.07) is 7.17. The van der Waals surface area contributed by atoms with Crippen LogP contribution in [0.5, 0.6) is 0 Å². The number of rotatable bonds is 2. The number of aryl methyl sites for hydroxylation is 1. The summed E-state index contributed by atoms with van der Waals surface area (Å²) in [6.07, 6.45) is 1.20. The van der Waals surface area contributed by atoms with Gasteiger partial charge in [0.2, 0.25) is 5.95 Å². The van der Waals surface area contributed by atoms with Crippen LogP contribution in [0.2, 0.25) is 0 Å². The molecule has 82 valence electrons. The van der Waals surface area contributed by atoms with Crippen LogP contribution in [-0.4, -0.2) is 9.97 Å². The molecule has 0 aliphatic heterocycles. The number of halogens is 1. The van der Waals surface area contributed by atoms with Crippen molar-refractivity contribution in [1.29, 1.82) is 0 Å². The lowest BCUT2D eigenvalue weighted by molar-refractivity contribution is 0.580. The number of hydrogen-bond donors (Lipinski definition) is 1. The highest BCUT2D eigenvalue weighted by atomic mass is 19.1. The van der Waals surface area contributed by atoms with E-state index in [4.69, 9.17) is 0 Å². The van der Waals surface area contributed by atoms with Gasteiger partial charge in [-0.3, -0.25) is 0 Å². The Kier molecular flexibility index (Phi) is 2.81.